The van der Waals surface area contributed by atoms with Gasteiger partial charge in [0.25, 0.3) is 0 Å². The third-order valence-corrected chi connectivity index (χ3v) is 6.02. The van der Waals surface area contributed by atoms with Gasteiger partial charge in [0.15, 0.2) is 0 Å². The number of carboxylic acid groups (broad SMARTS) is 2. The summed E-state index contributed by atoms with van der Waals surface area (Å²) in [4.78, 5) is 23.3. The Labute approximate surface area is 178 Å². The number of carboxylic acids is 2. The normalized spacial score (nSPS) is 14.7. The quantitative estimate of drug-likeness (QED) is 0.626. The number of rotatable bonds is 5. The standard InChI is InChI=1S/C18H22N2OS.C4H4O4/c1-14-7-8-17(15(2)13-14)22(21)18-6-4-3-5-16(18)20-11-9-19-10-12-20;5-3(6)1-2-4(7)8/h3-8,13,19H,9-12H2,1-2H3;1-2H,(H,5,6)(H,7,8)/b;2-1+. The highest BCUT2D eigenvalue weighted by atomic mass is 32.2. The molecule has 0 aliphatic carbocycles. The summed E-state index contributed by atoms with van der Waals surface area (Å²) in [6.45, 7) is 7.97. The minimum absolute atomic E-state index is 0.558. The number of hydrogen-bond acceptors (Lipinski definition) is 5. The first-order valence-electron chi connectivity index (χ1n) is 9.47. The Balaban J connectivity index is 0.000000343. The van der Waals surface area contributed by atoms with E-state index >= 15 is 0 Å². The first kappa shape index (κ1) is 23.3. The molecule has 1 aliphatic heterocycles. The number of nitrogens with zero attached hydrogens (tertiary/aromatic N) is 1. The molecule has 30 heavy (non-hydrogen) atoms. The van der Waals surface area contributed by atoms with Crippen molar-refractivity contribution in [1.82, 2.24) is 5.32 Å². The van der Waals surface area contributed by atoms with E-state index in [0.717, 1.165) is 47.2 Å². The van der Waals surface area contributed by atoms with Crippen LogP contribution in [0.15, 0.2) is 64.4 Å². The Bertz CT molecular complexity index is 936. The fraction of sp³-hybridized carbons (Fsp3) is 0.273. The Morgan fingerprint density at radius 2 is 1.57 bits per heavy atom. The Morgan fingerprint density at radius 1 is 0.967 bits per heavy atom. The maximum atomic E-state index is 13.1. The highest BCUT2D eigenvalue weighted by Crippen LogP contribution is 2.29. The van der Waals surface area contributed by atoms with E-state index in [1.54, 1.807) is 0 Å². The molecule has 0 saturated carbocycles. The number of carbonyl (C=O) groups is 2. The molecule has 1 fully saturated rings. The second-order valence-corrected chi connectivity index (χ2v) is 8.17. The number of piperazine rings is 1. The molecular formula is C22H26N2O5S. The van der Waals surface area contributed by atoms with E-state index in [1.165, 1.54) is 5.56 Å². The molecule has 0 radical (unpaired) electrons. The van der Waals surface area contributed by atoms with Gasteiger partial charge in [-0.3, -0.25) is 0 Å². The van der Waals surface area contributed by atoms with Gasteiger partial charge in [0.2, 0.25) is 0 Å². The van der Waals surface area contributed by atoms with Crippen LogP contribution in [0, 0.1) is 13.8 Å². The summed E-state index contributed by atoms with van der Waals surface area (Å²) in [6.07, 6.45) is 1.12. The third kappa shape index (κ3) is 6.82. The van der Waals surface area contributed by atoms with Crippen LogP contribution in [0.25, 0.3) is 0 Å². The lowest BCUT2D eigenvalue weighted by atomic mass is 10.2. The van der Waals surface area contributed by atoms with Crippen molar-refractivity contribution in [1.29, 1.82) is 0 Å². The molecule has 1 atom stereocenters. The average Bonchev–Trinajstić information content (AvgIpc) is 2.73. The van der Waals surface area contributed by atoms with Gasteiger partial charge in [0.1, 0.15) is 0 Å². The van der Waals surface area contributed by atoms with Crippen molar-refractivity contribution in [2.75, 3.05) is 31.1 Å². The van der Waals surface area contributed by atoms with Crippen LogP contribution < -0.4 is 10.2 Å². The zero-order valence-corrected chi connectivity index (χ0v) is 17.8. The molecule has 1 aliphatic rings. The topological polar surface area (TPSA) is 107 Å². The number of anilines is 1. The molecule has 7 nitrogen and oxygen atoms in total. The molecule has 3 N–H and O–H groups in total. The molecule has 0 aromatic heterocycles. The van der Waals surface area contributed by atoms with Crippen LogP contribution in [-0.2, 0) is 20.4 Å². The average molecular weight is 431 g/mol. The van der Waals surface area contributed by atoms with Crippen LogP contribution in [0.4, 0.5) is 5.69 Å². The maximum absolute atomic E-state index is 13.1. The van der Waals surface area contributed by atoms with E-state index in [1.807, 2.05) is 37.3 Å². The predicted octanol–water partition coefficient (Wildman–Crippen LogP) is 2.59. The fourth-order valence-electron chi connectivity index (χ4n) is 3.05. The minimum Gasteiger partial charge on any atom is -0.478 e. The van der Waals surface area contributed by atoms with Crippen molar-refractivity contribution in [2.45, 2.75) is 23.6 Å². The molecule has 3 rings (SSSR count). The lowest BCUT2D eigenvalue weighted by Gasteiger charge is -2.31. The molecule has 0 bridgehead atoms. The molecule has 2 aromatic rings. The van der Waals surface area contributed by atoms with Crippen molar-refractivity contribution in [2.24, 2.45) is 0 Å². The summed E-state index contributed by atoms with van der Waals surface area (Å²) in [5.41, 5.74) is 3.39. The lowest BCUT2D eigenvalue weighted by molar-refractivity contribution is -0.134. The largest absolute Gasteiger partial charge is 0.478 e. The van der Waals surface area contributed by atoms with Crippen molar-refractivity contribution in [3.63, 3.8) is 0 Å². The second-order valence-electron chi connectivity index (χ2n) is 6.75. The summed E-state index contributed by atoms with van der Waals surface area (Å²) in [5.74, 6) is -2.51. The van der Waals surface area contributed by atoms with Gasteiger partial charge < -0.3 is 20.4 Å². The van der Waals surface area contributed by atoms with Crippen LogP contribution in [0.2, 0.25) is 0 Å². The highest BCUT2D eigenvalue weighted by molar-refractivity contribution is 7.85. The first-order chi connectivity index (χ1) is 14.3. The lowest BCUT2D eigenvalue weighted by Crippen LogP contribution is -2.43. The molecular weight excluding hydrogens is 404 g/mol. The van der Waals surface area contributed by atoms with E-state index in [9.17, 15) is 13.8 Å². The molecule has 1 unspecified atom stereocenters. The van der Waals surface area contributed by atoms with Crippen molar-refractivity contribution >= 4 is 28.4 Å². The Kier molecular flexibility index (Phi) is 8.76. The van der Waals surface area contributed by atoms with Crippen molar-refractivity contribution < 1.29 is 24.0 Å². The molecule has 1 heterocycles. The van der Waals surface area contributed by atoms with Gasteiger partial charge in [-0.1, -0.05) is 29.8 Å². The Hall–Kier alpha value is -2.97. The molecule has 2 aromatic carbocycles. The zero-order chi connectivity index (χ0) is 22.1. The van der Waals surface area contributed by atoms with Crippen LogP contribution in [0.3, 0.4) is 0 Å². The Morgan fingerprint density at radius 3 is 2.13 bits per heavy atom. The van der Waals surface area contributed by atoms with E-state index in [4.69, 9.17) is 10.2 Å². The molecule has 0 spiro atoms. The predicted molar refractivity (Wildman–Crippen MR) is 117 cm³/mol. The minimum atomic E-state index is -1.26. The van der Waals surface area contributed by atoms with Gasteiger partial charge in [-0.05, 0) is 37.6 Å². The summed E-state index contributed by atoms with van der Waals surface area (Å²) >= 11 is 0. The van der Waals surface area contributed by atoms with Gasteiger partial charge in [-0.25, -0.2) is 13.8 Å². The molecule has 160 valence electrons. The van der Waals surface area contributed by atoms with E-state index in [2.05, 4.69) is 29.3 Å². The van der Waals surface area contributed by atoms with Gasteiger partial charge in [0, 0.05) is 43.2 Å². The van der Waals surface area contributed by atoms with Crippen molar-refractivity contribution in [3.05, 3.63) is 65.7 Å². The van der Waals surface area contributed by atoms with E-state index < -0.39 is 22.7 Å². The van der Waals surface area contributed by atoms with Crippen LogP contribution >= 0.6 is 0 Å². The third-order valence-electron chi connectivity index (χ3n) is 4.42. The summed E-state index contributed by atoms with van der Waals surface area (Å²) in [5, 5.41) is 19.0. The highest BCUT2D eigenvalue weighted by Gasteiger charge is 2.19. The van der Waals surface area contributed by atoms with Crippen LogP contribution in [0.1, 0.15) is 11.1 Å². The van der Waals surface area contributed by atoms with Gasteiger partial charge in [-0.15, -0.1) is 0 Å². The van der Waals surface area contributed by atoms with Gasteiger partial charge >= 0.3 is 11.9 Å². The zero-order valence-electron chi connectivity index (χ0n) is 17.0. The SMILES string of the molecule is Cc1ccc(S(=O)c2ccccc2N2CCNCC2)c(C)c1.O=C(O)/C=C/C(=O)O. The van der Waals surface area contributed by atoms with Crippen LogP contribution in [-0.4, -0.2) is 52.5 Å². The van der Waals surface area contributed by atoms with Gasteiger partial charge in [0.05, 0.1) is 21.4 Å². The maximum Gasteiger partial charge on any atom is 0.328 e. The second kappa shape index (κ2) is 11.3. The number of para-hydroxylation sites is 1. The molecule has 8 heteroatoms. The first-order valence-corrected chi connectivity index (χ1v) is 10.6. The summed E-state index contributed by atoms with van der Waals surface area (Å²) < 4.78 is 13.1. The number of nitrogens with one attached hydrogen (secondary N) is 1. The van der Waals surface area contributed by atoms with Crippen molar-refractivity contribution in [3.8, 4) is 0 Å². The number of hydrogen-bond donors (Lipinski definition) is 3. The number of benzene rings is 2. The number of aryl methyl sites for hydroxylation is 2. The number of aliphatic carboxylic acids is 2. The monoisotopic (exact) mass is 430 g/mol. The molecule has 1 saturated heterocycles. The van der Waals surface area contributed by atoms with Crippen LogP contribution in [0.5, 0.6) is 0 Å². The smallest absolute Gasteiger partial charge is 0.328 e. The summed E-state index contributed by atoms with van der Waals surface area (Å²) in [6, 6.07) is 14.2. The van der Waals surface area contributed by atoms with E-state index in [0.29, 0.717) is 12.2 Å². The van der Waals surface area contributed by atoms with Gasteiger partial charge in [-0.2, -0.15) is 0 Å². The molecule has 0 amide bonds. The van der Waals surface area contributed by atoms with E-state index in [-0.39, 0.29) is 0 Å². The summed E-state index contributed by atoms with van der Waals surface area (Å²) in [7, 11) is -1.14. The fourth-order valence-corrected chi connectivity index (χ4v) is 4.42.